The number of ketones is 1. The van der Waals surface area contributed by atoms with Crippen LogP contribution in [-0.4, -0.2) is 91.5 Å². The number of likely N-dealkylation sites (tertiary alicyclic amines) is 2. The average molecular weight is 467 g/mol. The van der Waals surface area contributed by atoms with E-state index in [1.807, 2.05) is 24.3 Å². The highest BCUT2D eigenvalue weighted by Gasteiger charge is 2.39. The topological polar surface area (TPSA) is 101 Å². The van der Waals surface area contributed by atoms with Crippen molar-refractivity contribution in [3.8, 4) is 5.75 Å². The Kier molecular flexibility index (Phi) is 6.56. The van der Waals surface area contributed by atoms with Gasteiger partial charge in [-0.05, 0) is 56.6 Å². The Balaban J connectivity index is 1.15. The second kappa shape index (κ2) is 9.76. The Bertz CT molecular complexity index is 1030. The molecule has 0 aliphatic carbocycles. The fourth-order valence-corrected chi connectivity index (χ4v) is 5.32. The number of amidine groups is 1. The van der Waals surface area contributed by atoms with E-state index in [4.69, 9.17) is 9.47 Å². The van der Waals surface area contributed by atoms with Crippen LogP contribution in [0.1, 0.15) is 36.0 Å². The van der Waals surface area contributed by atoms with Crippen molar-refractivity contribution in [3.63, 3.8) is 0 Å². The van der Waals surface area contributed by atoms with Gasteiger partial charge in [0.2, 0.25) is 5.91 Å². The summed E-state index contributed by atoms with van der Waals surface area (Å²) in [5.41, 5.74) is 1.53. The van der Waals surface area contributed by atoms with Gasteiger partial charge in [-0.25, -0.2) is 4.99 Å². The maximum Gasteiger partial charge on any atom is 0.258 e. The van der Waals surface area contributed by atoms with Crippen LogP contribution in [0, 0.1) is 11.8 Å². The van der Waals surface area contributed by atoms with E-state index in [0.717, 1.165) is 43.8 Å². The molecule has 180 valence electrons. The van der Waals surface area contributed by atoms with Crippen LogP contribution in [0.5, 0.6) is 5.75 Å². The molecule has 1 aromatic rings. The summed E-state index contributed by atoms with van der Waals surface area (Å²) in [6.07, 6.45) is 2.86. The molecule has 3 fully saturated rings. The number of carbonyl (C=O) groups is 3. The van der Waals surface area contributed by atoms with Crippen LogP contribution in [0.4, 0.5) is 0 Å². The fraction of sp³-hybridized carbons (Fsp3) is 0.560. The molecule has 0 radical (unpaired) electrons. The quantitative estimate of drug-likeness (QED) is 0.591. The molecule has 9 heteroatoms. The number of rotatable bonds is 6. The highest BCUT2D eigenvalue weighted by molar-refractivity contribution is 6.17. The Hall–Kier alpha value is -2.91. The number of ether oxygens (including phenoxy) is 2. The smallest absolute Gasteiger partial charge is 0.258 e. The lowest BCUT2D eigenvalue weighted by molar-refractivity contribution is -0.132. The summed E-state index contributed by atoms with van der Waals surface area (Å²) in [6, 6.07) is 7.07. The molecule has 0 bridgehead atoms. The van der Waals surface area contributed by atoms with Gasteiger partial charge in [0.1, 0.15) is 11.7 Å². The second-order valence-electron chi connectivity index (χ2n) is 9.31. The maximum absolute atomic E-state index is 13.1. The zero-order chi connectivity index (χ0) is 23.7. The molecule has 34 heavy (non-hydrogen) atoms. The van der Waals surface area contributed by atoms with Crippen LogP contribution in [0.15, 0.2) is 34.3 Å². The number of Topliss-reactive ketones (excluding diaryl/α,β-unsaturated/α-hetero) is 1. The summed E-state index contributed by atoms with van der Waals surface area (Å²) >= 11 is 0. The van der Waals surface area contributed by atoms with Gasteiger partial charge in [-0.15, -0.1) is 0 Å². The molecule has 4 heterocycles. The van der Waals surface area contributed by atoms with Crippen molar-refractivity contribution in [2.75, 3.05) is 46.5 Å². The van der Waals surface area contributed by atoms with Gasteiger partial charge in [0, 0.05) is 30.2 Å². The summed E-state index contributed by atoms with van der Waals surface area (Å²) < 4.78 is 10.5. The highest BCUT2D eigenvalue weighted by Crippen LogP contribution is 2.27. The van der Waals surface area contributed by atoms with Gasteiger partial charge in [0.25, 0.3) is 5.91 Å². The number of hydrogen-bond donors (Lipinski definition) is 0. The fourth-order valence-electron chi connectivity index (χ4n) is 5.32. The lowest BCUT2D eigenvalue weighted by Crippen LogP contribution is -2.47. The van der Waals surface area contributed by atoms with Crippen LogP contribution in [0.25, 0.3) is 0 Å². The molecule has 1 unspecified atom stereocenters. The summed E-state index contributed by atoms with van der Waals surface area (Å²) in [4.78, 5) is 51.0. The number of methoxy groups -OCH3 is 1. The van der Waals surface area contributed by atoms with E-state index in [9.17, 15) is 14.4 Å². The average Bonchev–Trinajstić information content (AvgIpc) is 3.23. The number of aliphatic imine (C=N–C) groups is 2. The molecular weight excluding hydrogens is 436 g/mol. The molecule has 4 aliphatic heterocycles. The van der Waals surface area contributed by atoms with E-state index in [0.29, 0.717) is 37.6 Å². The van der Waals surface area contributed by atoms with E-state index in [1.54, 1.807) is 12.0 Å². The van der Waals surface area contributed by atoms with Crippen LogP contribution in [-0.2, 0) is 14.3 Å². The monoisotopic (exact) mass is 466 g/mol. The lowest BCUT2D eigenvalue weighted by atomic mass is 9.88. The predicted octanol–water partition coefficient (Wildman–Crippen LogP) is 1.61. The molecule has 2 atom stereocenters. The first-order valence-corrected chi connectivity index (χ1v) is 12.0. The van der Waals surface area contributed by atoms with Gasteiger partial charge in [-0.2, -0.15) is 4.99 Å². The number of amides is 2. The first kappa shape index (κ1) is 22.9. The summed E-state index contributed by atoms with van der Waals surface area (Å²) in [5, 5.41) is 0. The van der Waals surface area contributed by atoms with Crippen LogP contribution >= 0.6 is 0 Å². The molecule has 0 aromatic heterocycles. The van der Waals surface area contributed by atoms with Crippen LogP contribution < -0.4 is 4.74 Å². The molecule has 2 amide bonds. The highest BCUT2D eigenvalue weighted by atomic mass is 16.5. The molecule has 4 aliphatic rings. The molecular formula is C25H30N4O5. The van der Waals surface area contributed by atoms with Crippen molar-refractivity contribution in [2.24, 2.45) is 21.8 Å². The zero-order valence-corrected chi connectivity index (χ0v) is 19.4. The summed E-state index contributed by atoms with van der Waals surface area (Å²) in [7, 11) is 1.61. The molecule has 1 aromatic carbocycles. The maximum atomic E-state index is 13.1. The zero-order valence-electron chi connectivity index (χ0n) is 19.4. The number of benzene rings is 1. The third-order valence-corrected chi connectivity index (χ3v) is 7.32. The first-order valence-electron chi connectivity index (χ1n) is 12.0. The van der Waals surface area contributed by atoms with E-state index in [-0.39, 0.29) is 42.0 Å². The van der Waals surface area contributed by atoms with Crippen molar-refractivity contribution in [2.45, 2.75) is 31.7 Å². The number of hydrogen-bond acceptors (Lipinski definition) is 7. The van der Waals surface area contributed by atoms with E-state index in [1.165, 1.54) is 0 Å². The Morgan fingerprint density at radius 3 is 2.59 bits per heavy atom. The Morgan fingerprint density at radius 2 is 1.85 bits per heavy atom. The van der Waals surface area contributed by atoms with Crippen LogP contribution in [0.3, 0.4) is 0 Å². The van der Waals surface area contributed by atoms with E-state index in [2.05, 4.69) is 14.9 Å². The molecule has 0 saturated carbocycles. The number of fused-ring (bicyclic) bond motifs is 1. The largest absolute Gasteiger partial charge is 0.497 e. The van der Waals surface area contributed by atoms with Gasteiger partial charge in [0.15, 0.2) is 11.6 Å². The van der Waals surface area contributed by atoms with Crippen molar-refractivity contribution in [1.82, 2.24) is 9.80 Å². The Morgan fingerprint density at radius 1 is 1.09 bits per heavy atom. The van der Waals surface area contributed by atoms with Gasteiger partial charge in [-0.1, -0.05) is 0 Å². The first-order chi connectivity index (χ1) is 16.5. The minimum atomic E-state index is -0.360. The molecule has 0 spiro atoms. The van der Waals surface area contributed by atoms with Gasteiger partial charge >= 0.3 is 0 Å². The van der Waals surface area contributed by atoms with Crippen molar-refractivity contribution < 1.29 is 23.9 Å². The molecule has 0 N–H and O–H groups in total. The number of carbonyl (C=O) groups excluding carboxylic acids is 3. The van der Waals surface area contributed by atoms with Crippen molar-refractivity contribution in [1.29, 1.82) is 0 Å². The summed E-state index contributed by atoms with van der Waals surface area (Å²) in [5.74, 6) is 0.779. The third kappa shape index (κ3) is 4.54. The number of piperidine rings is 1. The SMILES string of the molecule is COc1ccc(C(=O)C2CCN([C@H]3CCN(CC4=NC(=O)C5COCCC5=N4)C3=O)CC2)cc1. The molecule has 9 nitrogen and oxygen atoms in total. The minimum Gasteiger partial charge on any atom is -0.497 e. The molecule has 5 rings (SSSR count). The lowest BCUT2D eigenvalue weighted by Gasteiger charge is -2.34. The predicted molar refractivity (Wildman–Crippen MR) is 125 cm³/mol. The van der Waals surface area contributed by atoms with Gasteiger partial charge in [0.05, 0.1) is 32.9 Å². The standard InChI is InChI=1S/C25H30N4O5/c1-33-18-4-2-16(3-5-18)23(30)17-6-10-28(11-7-17)21-8-12-29(25(21)32)14-22-26-20-9-13-34-15-19(20)24(31)27-22/h2-5,17,19,21H,6-15H2,1H3/t19?,21-/m0/s1. The molecule has 3 saturated heterocycles. The second-order valence-corrected chi connectivity index (χ2v) is 9.31. The van der Waals surface area contributed by atoms with E-state index >= 15 is 0 Å². The normalized spacial score (nSPS) is 26.2. The van der Waals surface area contributed by atoms with Gasteiger partial charge in [-0.3, -0.25) is 19.3 Å². The number of nitrogens with zero attached hydrogens (tertiary/aromatic N) is 4. The van der Waals surface area contributed by atoms with Crippen molar-refractivity contribution >= 4 is 29.1 Å². The van der Waals surface area contributed by atoms with Gasteiger partial charge < -0.3 is 14.4 Å². The summed E-state index contributed by atoms with van der Waals surface area (Å²) in [6.45, 7) is 3.25. The third-order valence-electron chi connectivity index (χ3n) is 7.32. The van der Waals surface area contributed by atoms with E-state index < -0.39 is 0 Å². The van der Waals surface area contributed by atoms with Crippen molar-refractivity contribution in [3.05, 3.63) is 29.8 Å². The Labute approximate surface area is 198 Å². The van der Waals surface area contributed by atoms with Crippen LogP contribution in [0.2, 0.25) is 0 Å². The minimum absolute atomic E-state index is 0.0249.